The van der Waals surface area contributed by atoms with E-state index in [1.807, 2.05) is 36.1 Å². The van der Waals surface area contributed by atoms with Crippen LogP contribution in [0.15, 0.2) is 59.5 Å². The average molecular weight is 593 g/mol. The molecule has 0 bridgehead atoms. The number of aryl methyl sites for hydroxylation is 2. The zero-order valence-corrected chi connectivity index (χ0v) is 24.9. The minimum Gasteiger partial charge on any atom is -0.385 e. The van der Waals surface area contributed by atoms with Crippen molar-refractivity contribution in [3.63, 3.8) is 0 Å². The summed E-state index contributed by atoms with van der Waals surface area (Å²) in [6, 6.07) is 14.0. The Morgan fingerprint density at radius 1 is 1.17 bits per heavy atom. The first-order valence-electron chi connectivity index (χ1n) is 14.5. The Hall–Kier alpha value is -3.46. The third-order valence-electron chi connectivity index (χ3n) is 8.29. The van der Waals surface area contributed by atoms with Crippen LogP contribution in [0.5, 0.6) is 0 Å². The van der Waals surface area contributed by atoms with Gasteiger partial charge in [0.1, 0.15) is 5.82 Å². The fourth-order valence-corrected chi connectivity index (χ4v) is 6.58. The summed E-state index contributed by atoms with van der Waals surface area (Å²) in [6.45, 7) is 4.47. The molecular formula is C33H38ClFN4O3. The lowest BCUT2D eigenvalue weighted by atomic mass is 9.91. The van der Waals surface area contributed by atoms with Gasteiger partial charge in [-0.25, -0.2) is 4.39 Å². The van der Waals surface area contributed by atoms with Gasteiger partial charge < -0.3 is 24.9 Å². The van der Waals surface area contributed by atoms with Crippen molar-refractivity contribution in [1.29, 1.82) is 0 Å². The van der Waals surface area contributed by atoms with Crippen LogP contribution >= 0.6 is 11.6 Å². The van der Waals surface area contributed by atoms with Crippen molar-refractivity contribution in [3.8, 4) is 11.1 Å². The summed E-state index contributed by atoms with van der Waals surface area (Å²) in [6.07, 6.45) is 5.09. The van der Waals surface area contributed by atoms with Crippen LogP contribution < -0.4 is 11.3 Å². The number of likely N-dealkylation sites (tertiary alicyclic amines) is 1. The maximum Gasteiger partial charge on any atom is 0.247 e. The molecule has 0 radical (unpaired) electrons. The van der Waals surface area contributed by atoms with E-state index in [4.69, 9.17) is 22.1 Å². The first kappa shape index (κ1) is 30.0. The summed E-state index contributed by atoms with van der Waals surface area (Å²) >= 11 is 6.61. The van der Waals surface area contributed by atoms with E-state index < -0.39 is 0 Å². The number of aromatic amines is 1. The molecule has 0 saturated carbocycles. The quantitative estimate of drug-likeness (QED) is 0.228. The van der Waals surface area contributed by atoms with Crippen LogP contribution in [0.3, 0.4) is 0 Å². The maximum atomic E-state index is 15.0. The van der Waals surface area contributed by atoms with Gasteiger partial charge in [0.25, 0.3) is 0 Å². The molecule has 3 N–H and O–H groups in total. The molecule has 1 fully saturated rings. The Balaban J connectivity index is 1.28. The predicted molar refractivity (Wildman–Crippen MR) is 165 cm³/mol. The third-order valence-corrected chi connectivity index (χ3v) is 8.60. The van der Waals surface area contributed by atoms with Crippen molar-refractivity contribution in [2.45, 2.75) is 57.5 Å². The molecule has 222 valence electrons. The number of hydrogen-bond donors (Lipinski definition) is 2. The van der Waals surface area contributed by atoms with Crippen molar-refractivity contribution in [2.75, 3.05) is 26.8 Å². The lowest BCUT2D eigenvalue weighted by molar-refractivity contribution is -0.132. The van der Waals surface area contributed by atoms with Crippen molar-refractivity contribution < 1.29 is 13.9 Å². The Morgan fingerprint density at radius 2 is 1.93 bits per heavy atom. The molecule has 2 atom stereocenters. The Labute approximate surface area is 250 Å². The van der Waals surface area contributed by atoms with E-state index in [1.165, 1.54) is 12.1 Å². The molecular weight excluding hydrogens is 555 g/mol. The highest BCUT2D eigenvalue weighted by molar-refractivity contribution is 6.35. The number of H-pyrrole nitrogens is 1. The van der Waals surface area contributed by atoms with Gasteiger partial charge in [-0.05, 0) is 73.1 Å². The minimum atomic E-state index is -0.313. The van der Waals surface area contributed by atoms with Crippen LogP contribution in [-0.4, -0.2) is 53.2 Å². The summed E-state index contributed by atoms with van der Waals surface area (Å²) in [5, 5.41) is 1.09. The predicted octanol–water partition coefficient (Wildman–Crippen LogP) is 5.80. The highest BCUT2D eigenvalue weighted by Gasteiger charge is 2.31. The number of nitrogens with two attached hydrogens (primary N) is 1. The second-order valence-electron chi connectivity index (χ2n) is 11.2. The Bertz CT molecular complexity index is 1590. The van der Waals surface area contributed by atoms with E-state index in [-0.39, 0.29) is 35.7 Å². The maximum absolute atomic E-state index is 15.0. The molecule has 0 spiro atoms. The van der Waals surface area contributed by atoms with Crippen molar-refractivity contribution >= 4 is 28.4 Å². The number of ether oxygens (including phenoxy) is 1. The minimum absolute atomic E-state index is 0.0426. The van der Waals surface area contributed by atoms with Gasteiger partial charge in [0.15, 0.2) is 0 Å². The molecule has 1 amide bonds. The summed E-state index contributed by atoms with van der Waals surface area (Å²) in [5.74, 6) is -0.161. The van der Waals surface area contributed by atoms with Gasteiger partial charge in [0.05, 0.1) is 10.5 Å². The van der Waals surface area contributed by atoms with Gasteiger partial charge in [0, 0.05) is 75.1 Å². The summed E-state index contributed by atoms with van der Waals surface area (Å²) in [5.41, 5.74) is 12.0. The number of benzene rings is 2. The monoisotopic (exact) mass is 592 g/mol. The van der Waals surface area contributed by atoms with Crippen LogP contribution in [0, 0.1) is 12.7 Å². The fraction of sp³-hybridized carbons (Fsp3) is 0.394. The fourth-order valence-electron chi connectivity index (χ4n) is 6.32. The third kappa shape index (κ3) is 6.46. The number of rotatable bonds is 10. The van der Waals surface area contributed by atoms with Gasteiger partial charge in [0.2, 0.25) is 11.5 Å². The summed E-state index contributed by atoms with van der Waals surface area (Å²) in [4.78, 5) is 29.4. The number of halogens is 2. The number of aromatic nitrogens is 2. The van der Waals surface area contributed by atoms with E-state index in [2.05, 4.69) is 9.55 Å². The molecule has 42 heavy (non-hydrogen) atoms. The van der Waals surface area contributed by atoms with Crippen molar-refractivity contribution in [3.05, 3.63) is 92.7 Å². The highest BCUT2D eigenvalue weighted by Crippen LogP contribution is 2.39. The number of methoxy groups -OCH3 is 1. The zero-order valence-electron chi connectivity index (χ0n) is 24.2. The number of amides is 1. The summed E-state index contributed by atoms with van der Waals surface area (Å²) < 4.78 is 22.5. The largest absolute Gasteiger partial charge is 0.385 e. The van der Waals surface area contributed by atoms with Crippen LogP contribution in [0.2, 0.25) is 5.02 Å². The molecule has 1 aliphatic heterocycles. The first-order valence-corrected chi connectivity index (χ1v) is 14.9. The molecule has 1 aliphatic rings. The second kappa shape index (κ2) is 13.2. The molecule has 2 aromatic heterocycles. The van der Waals surface area contributed by atoms with Crippen LogP contribution in [0.4, 0.5) is 4.39 Å². The van der Waals surface area contributed by atoms with E-state index in [0.717, 1.165) is 52.7 Å². The Kier molecular flexibility index (Phi) is 9.46. The lowest BCUT2D eigenvalue weighted by Crippen LogP contribution is -2.42. The standard InChI is InChI=1S/C33H38ClFN4O3/c1-21-31-28(35)12-11-27(34)33(31)39(15-4-16-42-2)32(21)25-5-3-14-38(20-25)30(41)18-26(36)17-22-6-8-23(9-7-22)24-10-13-29(40)37-19-24/h6-13,19,25-26H,3-5,14-18,20,36H2,1-2H3,(H,37,40). The van der Waals surface area contributed by atoms with Gasteiger partial charge in [-0.15, -0.1) is 0 Å². The molecule has 5 rings (SSSR count). The van der Waals surface area contributed by atoms with Crippen molar-refractivity contribution in [1.82, 2.24) is 14.5 Å². The number of pyridine rings is 1. The molecule has 1 saturated heterocycles. The van der Waals surface area contributed by atoms with Gasteiger partial charge >= 0.3 is 0 Å². The summed E-state index contributed by atoms with van der Waals surface area (Å²) in [7, 11) is 1.67. The second-order valence-corrected chi connectivity index (χ2v) is 11.7. The van der Waals surface area contributed by atoms with Crippen LogP contribution in [0.1, 0.15) is 48.4 Å². The van der Waals surface area contributed by atoms with Crippen LogP contribution in [0.25, 0.3) is 22.0 Å². The number of nitrogens with one attached hydrogen (secondary N) is 1. The average Bonchev–Trinajstić information content (AvgIpc) is 3.29. The number of nitrogens with zero attached hydrogens (tertiary/aromatic N) is 2. The molecule has 0 aliphatic carbocycles. The normalized spacial score (nSPS) is 16.2. The van der Waals surface area contributed by atoms with E-state index in [1.54, 1.807) is 25.4 Å². The van der Waals surface area contributed by atoms with Crippen molar-refractivity contribution in [2.24, 2.45) is 5.73 Å². The zero-order chi connectivity index (χ0) is 29.8. The van der Waals surface area contributed by atoms with E-state index in [9.17, 15) is 9.59 Å². The molecule has 2 aromatic carbocycles. The number of fused-ring (bicyclic) bond motifs is 1. The van der Waals surface area contributed by atoms with Gasteiger partial charge in [-0.1, -0.05) is 35.9 Å². The van der Waals surface area contributed by atoms with Gasteiger partial charge in [-0.2, -0.15) is 0 Å². The Morgan fingerprint density at radius 3 is 2.64 bits per heavy atom. The molecule has 7 nitrogen and oxygen atoms in total. The number of hydrogen-bond acceptors (Lipinski definition) is 4. The molecule has 3 heterocycles. The SMILES string of the molecule is COCCCn1c(C2CCCN(C(=O)CC(N)Cc3ccc(-c4ccc(=O)[nH]c4)cc3)C2)c(C)c2c(F)ccc(Cl)c21. The number of piperidine rings is 1. The molecule has 2 unspecified atom stereocenters. The topological polar surface area (TPSA) is 93.3 Å². The first-order chi connectivity index (χ1) is 20.3. The van der Waals surface area contributed by atoms with E-state index in [0.29, 0.717) is 43.1 Å². The van der Waals surface area contributed by atoms with E-state index >= 15 is 4.39 Å². The molecule has 9 heteroatoms. The van der Waals surface area contributed by atoms with Gasteiger partial charge in [-0.3, -0.25) is 9.59 Å². The highest BCUT2D eigenvalue weighted by atomic mass is 35.5. The number of carbonyl (C=O) groups is 1. The van der Waals surface area contributed by atoms with Crippen LogP contribution in [-0.2, 0) is 22.5 Å². The molecule has 4 aromatic rings. The number of carbonyl (C=O) groups excluding carboxylic acids is 1. The lowest BCUT2D eigenvalue weighted by Gasteiger charge is -2.34. The smallest absolute Gasteiger partial charge is 0.247 e.